The number of nitrogens with zero attached hydrogens (tertiary/aromatic N) is 2. The van der Waals surface area contributed by atoms with Crippen molar-refractivity contribution >= 4 is 35.9 Å². The Hall–Kier alpha value is -1.19. The number of carbonyl (C=O) groups is 1. The van der Waals surface area contributed by atoms with Crippen molar-refractivity contribution in [1.82, 2.24) is 10.3 Å². The van der Waals surface area contributed by atoms with Gasteiger partial charge in [-0.1, -0.05) is 0 Å². The summed E-state index contributed by atoms with van der Waals surface area (Å²) in [6.45, 7) is 1.26. The van der Waals surface area contributed by atoms with E-state index in [2.05, 4.69) is 10.3 Å². The topological polar surface area (TPSA) is 71.2 Å². The number of piperidine rings is 1. The Morgan fingerprint density at radius 3 is 2.58 bits per heavy atom. The van der Waals surface area contributed by atoms with Crippen LogP contribution in [0, 0.1) is 0 Å². The molecule has 1 aliphatic heterocycles. The first kappa shape index (κ1) is 22.9. The molecule has 1 atom stereocenters. The number of hydrogen-bond donors (Lipinski definition) is 2. The van der Waals surface area contributed by atoms with Crippen LogP contribution in [0.1, 0.15) is 24.8 Å². The van der Waals surface area contributed by atoms with Crippen LogP contribution in [0.15, 0.2) is 18.3 Å². The van der Waals surface area contributed by atoms with E-state index in [-0.39, 0.29) is 24.4 Å². The summed E-state index contributed by atoms with van der Waals surface area (Å²) in [6, 6.07) is 1.97. The summed E-state index contributed by atoms with van der Waals surface area (Å²) >= 11 is 1.65. The standard InChI is InChI=1S/C16H23F3N4OS.ClH/c1-25-9-6-13(20)15(24)22-12-4-7-23(8-5-12)14-3-2-11(10-21-14)16(17,18)19;/h2-3,10,12-13H,4-9,20H2,1H3,(H,22,24);1H. The second-order valence-electron chi connectivity index (χ2n) is 6.06. The fraction of sp³-hybridized carbons (Fsp3) is 0.625. The molecule has 0 bridgehead atoms. The molecule has 148 valence electrons. The monoisotopic (exact) mass is 412 g/mol. The number of alkyl halides is 3. The first-order valence-corrected chi connectivity index (χ1v) is 9.53. The van der Waals surface area contributed by atoms with Crippen molar-refractivity contribution in [3.8, 4) is 0 Å². The molecule has 1 aromatic rings. The molecule has 26 heavy (non-hydrogen) atoms. The number of rotatable bonds is 6. The van der Waals surface area contributed by atoms with Crippen LogP contribution in [0.4, 0.5) is 19.0 Å². The van der Waals surface area contributed by atoms with Gasteiger partial charge in [0.05, 0.1) is 11.6 Å². The highest BCUT2D eigenvalue weighted by atomic mass is 35.5. The minimum atomic E-state index is -4.38. The van der Waals surface area contributed by atoms with Gasteiger partial charge in [0.1, 0.15) is 5.82 Å². The quantitative estimate of drug-likeness (QED) is 0.751. The van der Waals surface area contributed by atoms with Crippen LogP contribution < -0.4 is 16.0 Å². The molecular weight excluding hydrogens is 389 g/mol. The molecule has 5 nitrogen and oxygen atoms in total. The molecule has 3 N–H and O–H groups in total. The lowest BCUT2D eigenvalue weighted by molar-refractivity contribution is -0.137. The van der Waals surface area contributed by atoms with E-state index < -0.39 is 17.8 Å². The van der Waals surface area contributed by atoms with E-state index in [1.165, 1.54) is 6.07 Å². The van der Waals surface area contributed by atoms with E-state index >= 15 is 0 Å². The number of aromatic nitrogens is 1. The van der Waals surface area contributed by atoms with Crippen LogP contribution in [-0.2, 0) is 11.0 Å². The van der Waals surface area contributed by atoms with E-state index in [9.17, 15) is 18.0 Å². The predicted octanol–water partition coefficient (Wildman–Crippen LogP) is 2.69. The maximum absolute atomic E-state index is 12.6. The van der Waals surface area contributed by atoms with Crippen molar-refractivity contribution < 1.29 is 18.0 Å². The van der Waals surface area contributed by atoms with E-state index in [1.807, 2.05) is 11.2 Å². The number of thioether (sulfide) groups is 1. The third kappa shape index (κ3) is 6.51. The molecule has 1 amide bonds. The van der Waals surface area contributed by atoms with E-state index in [4.69, 9.17) is 5.73 Å². The first-order valence-electron chi connectivity index (χ1n) is 8.14. The number of nitrogens with two attached hydrogens (primary N) is 1. The second kappa shape index (κ2) is 10.2. The number of hydrogen-bond acceptors (Lipinski definition) is 5. The van der Waals surface area contributed by atoms with Crippen LogP contribution in [0.25, 0.3) is 0 Å². The van der Waals surface area contributed by atoms with Crippen LogP contribution >= 0.6 is 24.2 Å². The zero-order chi connectivity index (χ0) is 18.4. The summed E-state index contributed by atoms with van der Waals surface area (Å²) in [5.74, 6) is 1.22. The van der Waals surface area contributed by atoms with Gasteiger partial charge in [0.25, 0.3) is 0 Å². The summed E-state index contributed by atoms with van der Waals surface area (Å²) in [5.41, 5.74) is 5.10. The number of halogens is 4. The average molecular weight is 413 g/mol. The molecule has 0 aromatic carbocycles. The lowest BCUT2D eigenvalue weighted by Crippen LogP contribution is -2.49. The molecule has 0 saturated carbocycles. The number of anilines is 1. The Labute approximate surface area is 161 Å². The Bertz CT molecular complexity index is 566. The lowest BCUT2D eigenvalue weighted by atomic mass is 10.0. The fourth-order valence-corrected chi connectivity index (χ4v) is 3.17. The summed E-state index contributed by atoms with van der Waals surface area (Å²) in [7, 11) is 0. The maximum atomic E-state index is 12.6. The molecule has 2 rings (SSSR count). The SMILES string of the molecule is CSCCC(N)C(=O)NC1CCN(c2ccc(C(F)(F)F)cn2)CC1.Cl. The number of carbonyl (C=O) groups excluding carboxylic acids is 1. The smallest absolute Gasteiger partial charge is 0.356 e. The van der Waals surface area contributed by atoms with Crippen molar-refractivity contribution in [1.29, 1.82) is 0 Å². The van der Waals surface area contributed by atoms with Crippen molar-refractivity contribution in [2.24, 2.45) is 5.73 Å². The third-order valence-corrected chi connectivity index (χ3v) is 4.85. The van der Waals surface area contributed by atoms with Gasteiger partial charge in [0, 0.05) is 25.3 Å². The normalized spacial score (nSPS) is 16.7. The van der Waals surface area contributed by atoms with Gasteiger partial charge in [-0.2, -0.15) is 24.9 Å². The Kier molecular flexibility index (Phi) is 8.99. The Morgan fingerprint density at radius 1 is 1.42 bits per heavy atom. The Balaban J connectivity index is 0.00000338. The summed E-state index contributed by atoms with van der Waals surface area (Å²) in [5, 5.41) is 2.96. The highest BCUT2D eigenvalue weighted by molar-refractivity contribution is 7.98. The van der Waals surface area contributed by atoms with Gasteiger partial charge >= 0.3 is 6.18 Å². The summed E-state index contributed by atoms with van der Waals surface area (Å²) in [4.78, 5) is 17.9. The number of amides is 1. The highest BCUT2D eigenvalue weighted by Crippen LogP contribution is 2.29. The predicted molar refractivity (Wildman–Crippen MR) is 101 cm³/mol. The van der Waals surface area contributed by atoms with Crippen molar-refractivity contribution in [3.05, 3.63) is 23.9 Å². The average Bonchev–Trinajstić information content (AvgIpc) is 2.59. The molecule has 1 aliphatic rings. The zero-order valence-electron chi connectivity index (χ0n) is 14.5. The van der Waals surface area contributed by atoms with Gasteiger partial charge in [0.2, 0.25) is 5.91 Å². The zero-order valence-corrected chi connectivity index (χ0v) is 16.1. The van der Waals surface area contributed by atoms with Gasteiger partial charge in [-0.25, -0.2) is 4.98 Å². The van der Waals surface area contributed by atoms with Gasteiger partial charge in [-0.3, -0.25) is 4.79 Å². The van der Waals surface area contributed by atoms with E-state index in [1.54, 1.807) is 11.8 Å². The van der Waals surface area contributed by atoms with Crippen LogP contribution in [0.3, 0.4) is 0 Å². The van der Waals surface area contributed by atoms with E-state index in [0.29, 0.717) is 38.2 Å². The fourth-order valence-electron chi connectivity index (χ4n) is 2.68. The molecule has 1 aromatic heterocycles. The highest BCUT2D eigenvalue weighted by Gasteiger charge is 2.31. The van der Waals surface area contributed by atoms with Gasteiger partial charge in [-0.15, -0.1) is 12.4 Å². The molecule has 1 unspecified atom stereocenters. The molecule has 0 radical (unpaired) electrons. The number of nitrogens with one attached hydrogen (secondary N) is 1. The third-order valence-electron chi connectivity index (χ3n) is 4.21. The first-order chi connectivity index (χ1) is 11.8. The Morgan fingerprint density at radius 2 is 2.08 bits per heavy atom. The molecule has 2 heterocycles. The lowest BCUT2D eigenvalue weighted by Gasteiger charge is -2.33. The number of pyridine rings is 1. The second-order valence-corrected chi connectivity index (χ2v) is 7.05. The molecule has 10 heteroatoms. The molecule has 1 fully saturated rings. The van der Waals surface area contributed by atoms with Crippen molar-refractivity contribution in [2.45, 2.75) is 37.5 Å². The van der Waals surface area contributed by atoms with Crippen LogP contribution in [-0.4, -0.2) is 48.1 Å². The summed E-state index contributed by atoms with van der Waals surface area (Å²) < 4.78 is 37.7. The molecular formula is C16H24ClF3N4OS. The summed E-state index contributed by atoms with van der Waals surface area (Å²) in [6.07, 6.45) is 0.510. The van der Waals surface area contributed by atoms with Crippen LogP contribution in [0.5, 0.6) is 0 Å². The molecule has 0 aliphatic carbocycles. The van der Waals surface area contributed by atoms with Crippen LogP contribution in [0.2, 0.25) is 0 Å². The minimum Gasteiger partial charge on any atom is -0.356 e. The molecule has 1 saturated heterocycles. The van der Waals surface area contributed by atoms with Gasteiger partial charge in [-0.05, 0) is 43.4 Å². The molecule has 0 spiro atoms. The van der Waals surface area contributed by atoms with Gasteiger partial charge in [0.15, 0.2) is 0 Å². The van der Waals surface area contributed by atoms with Crippen molar-refractivity contribution in [3.63, 3.8) is 0 Å². The minimum absolute atomic E-state index is 0. The van der Waals surface area contributed by atoms with E-state index in [0.717, 1.165) is 18.0 Å². The van der Waals surface area contributed by atoms with Crippen molar-refractivity contribution in [2.75, 3.05) is 30.0 Å². The largest absolute Gasteiger partial charge is 0.417 e. The van der Waals surface area contributed by atoms with Gasteiger partial charge < -0.3 is 16.0 Å². The maximum Gasteiger partial charge on any atom is 0.417 e.